The van der Waals surface area contributed by atoms with E-state index in [2.05, 4.69) is 20.7 Å². The second-order valence-electron chi connectivity index (χ2n) is 7.58. The highest BCUT2D eigenvalue weighted by Crippen LogP contribution is 2.31. The minimum Gasteiger partial charge on any atom is -0.326 e. The molecule has 170 valence electrons. The maximum atomic E-state index is 14.9. The van der Waals surface area contributed by atoms with Crippen LogP contribution in [0.15, 0.2) is 42.7 Å². The molecular formula is C22H18F4N6O. The summed E-state index contributed by atoms with van der Waals surface area (Å²) in [5, 5.41) is 19.4. The van der Waals surface area contributed by atoms with Gasteiger partial charge in [0.15, 0.2) is 0 Å². The number of carbonyl (C=O) groups is 1. The predicted octanol–water partition coefficient (Wildman–Crippen LogP) is 3.69. The number of halogens is 4. The Balaban J connectivity index is 1.52. The van der Waals surface area contributed by atoms with Crippen molar-refractivity contribution in [2.24, 2.45) is 0 Å². The van der Waals surface area contributed by atoms with E-state index in [4.69, 9.17) is 0 Å². The smallest absolute Gasteiger partial charge is 0.326 e. The maximum absolute atomic E-state index is 14.9. The third-order valence-corrected chi connectivity index (χ3v) is 5.23. The van der Waals surface area contributed by atoms with Crippen molar-refractivity contribution >= 4 is 11.6 Å². The number of nitrogens with one attached hydrogen (secondary N) is 2. The first-order valence-corrected chi connectivity index (χ1v) is 10.1. The van der Waals surface area contributed by atoms with Crippen molar-refractivity contribution in [2.75, 3.05) is 18.4 Å². The van der Waals surface area contributed by atoms with Crippen LogP contribution in [0.4, 0.5) is 23.2 Å². The highest BCUT2D eigenvalue weighted by Gasteiger charge is 2.32. The molecule has 1 aromatic carbocycles. The molecule has 1 saturated heterocycles. The Hall–Kier alpha value is -3.78. The molecule has 4 rings (SSSR count). The summed E-state index contributed by atoms with van der Waals surface area (Å²) in [5.41, 5.74) is -0.698. The van der Waals surface area contributed by atoms with Crippen LogP contribution in [-0.4, -0.2) is 33.8 Å². The molecule has 7 nitrogen and oxygen atoms in total. The van der Waals surface area contributed by atoms with E-state index < -0.39 is 30.0 Å². The highest BCUT2D eigenvalue weighted by molar-refractivity contribution is 5.92. The molecule has 2 aromatic heterocycles. The van der Waals surface area contributed by atoms with Gasteiger partial charge in [-0.25, -0.2) is 9.37 Å². The van der Waals surface area contributed by atoms with Crippen molar-refractivity contribution < 1.29 is 22.4 Å². The molecule has 1 unspecified atom stereocenters. The summed E-state index contributed by atoms with van der Waals surface area (Å²) in [6.45, 7) is 1.61. The molecule has 33 heavy (non-hydrogen) atoms. The third-order valence-electron chi connectivity index (χ3n) is 5.23. The van der Waals surface area contributed by atoms with Crippen molar-refractivity contribution in [1.29, 1.82) is 5.26 Å². The number of anilines is 1. The van der Waals surface area contributed by atoms with Gasteiger partial charge in [0.1, 0.15) is 11.5 Å². The number of aromatic nitrogens is 3. The van der Waals surface area contributed by atoms with Crippen molar-refractivity contribution in [3.63, 3.8) is 0 Å². The molecule has 3 aromatic rings. The van der Waals surface area contributed by atoms with E-state index in [1.807, 2.05) is 6.07 Å². The van der Waals surface area contributed by atoms with Gasteiger partial charge in [0.2, 0.25) is 5.91 Å². The van der Waals surface area contributed by atoms with Gasteiger partial charge >= 0.3 is 6.18 Å². The Kier molecular flexibility index (Phi) is 6.11. The number of nitrogens with zero attached hydrogens (tertiary/aromatic N) is 4. The van der Waals surface area contributed by atoms with Crippen molar-refractivity contribution in [3.8, 4) is 17.2 Å². The quantitative estimate of drug-likeness (QED) is 0.569. The molecule has 1 fully saturated rings. The predicted molar refractivity (Wildman–Crippen MR) is 110 cm³/mol. The Bertz CT molecular complexity index is 1220. The molecular weight excluding hydrogens is 440 g/mol. The molecule has 0 spiro atoms. The van der Waals surface area contributed by atoms with Gasteiger partial charge in [-0.05, 0) is 37.2 Å². The van der Waals surface area contributed by atoms with Crippen LogP contribution in [0.25, 0.3) is 11.1 Å². The summed E-state index contributed by atoms with van der Waals surface area (Å²) in [5.74, 6) is -1.43. The zero-order valence-electron chi connectivity index (χ0n) is 17.2. The van der Waals surface area contributed by atoms with Gasteiger partial charge in [-0.15, -0.1) is 0 Å². The van der Waals surface area contributed by atoms with E-state index in [0.29, 0.717) is 5.56 Å². The highest BCUT2D eigenvalue weighted by atomic mass is 19.4. The van der Waals surface area contributed by atoms with E-state index in [1.54, 1.807) is 10.9 Å². The first kappa shape index (κ1) is 22.4. The van der Waals surface area contributed by atoms with Crippen molar-refractivity contribution in [2.45, 2.75) is 25.1 Å². The molecule has 1 amide bonds. The average Bonchev–Trinajstić information content (AvgIpc) is 3.44. The summed E-state index contributed by atoms with van der Waals surface area (Å²) >= 11 is 0. The van der Waals surface area contributed by atoms with Gasteiger partial charge in [-0.2, -0.15) is 23.5 Å². The van der Waals surface area contributed by atoms with Gasteiger partial charge in [0, 0.05) is 29.6 Å². The van der Waals surface area contributed by atoms with E-state index in [-0.39, 0.29) is 28.6 Å². The number of rotatable bonds is 5. The lowest BCUT2D eigenvalue weighted by Crippen LogP contribution is -2.17. The molecule has 0 saturated carbocycles. The molecule has 2 N–H and O–H groups in total. The molecule has 1 aliphatic rings. The Labute approximate surface area is 186 Å². The van der Waals surface area contributed by atoms with Gasteiger partial charge in [0.25, 0.3) is 0 Å². The fourth-order valence-corrected chi connectivity index (χ4v) is 3.70. The molecule has 0 bridgehead atoms. The molecule has 0 radical (unpaired) electrons. The minimum absolute atomic E-state index is 0.00779. The lowest BCUT2D eigenvalue weighted by Gasteiger charge is -2.11. The fourth-order valence-electron chi connectivity index (χ4n) is 3.70. The van der Waals surface area contributed by atoms with E-state index in [1.165, 1.54) is 18.3 Å². The zero-order chi connectivity index (χ0) is 23.6. The van der Waals surface area contributed by atoms with Crippen LogP contribution >= 0.6 is 0 Å². The summed E-state index contributed by atoms with van der Waals surface area (Å²) in [6.07, 6.45) is -1.03. The first-order valence-electron chi connectivity index (χ1n) is 10.1. The number of hydrogen-bond acceptors (Lipinski definition) is 5. The summed E-state index contributed by atoms with van der Waals surface area (Å²) in [7, 11) is 0. The van der Waals surface area contributed by atoms with Crippen LogP contribution < -0.4 is 10.6 Å². The minimum atomic E-state index is -4.63. The lowest BCUT2D eigenvalue weighted by molar-refractivity contribution is -0.141. The number of carbonyl (C=O) groups excluding carboxylic acids is 1. The van der Waals surface area contributed by atoms with Crippen molar-refractivity contribution in [3.05, 3.63) is 65.5 Å². The summed E-state index contributed by atoms with van der Waals surface area (Å²) < 4.78 is 55.1. The van der Waals surface area contributed by atoms with Crippen LogP contribution in [0.1, 0.15) is 29.4 Å². The SMILES string of the molecule is N#Cc1cc(NC(=O)Cc2cccc(C(F)(F)F)n2)cc(F)c1-c1cnn(C2CCNC2)c1. The second kappa shape index (κ2) is 8.99. The number of alkyl halides is 3. The Morgan fingerprint density at radius 2 is 2.15 bits per heavy atom. The topological polar surface area (TPSA) is 95.6 Å². The Morgan fingerprint density at radius 3 is 2.85 bits per heavy atom. The summed E-state index contributed by atoms with van der Waals surface area (Å²) in [6, 6.07) is 7.69. The fraction of sp³-hybridized carbons (Fsp3) is 0.273. The van der Waals surface area contributed by atoms with Gasteiger partial charge in [0.05, 0.1) is 36.0 Å². The number of nitriles is 1. The van der Waals surface area contributed by atoms with Gasteiger partial charge in [-0.1, -0.05) is 6.07 Å². The van der Waals surface area contributed by atoms with Crippen LogP contribution in [0.2, 0.25) is 0 Å². The standard InChI is InChI=1S/C22H18F4N6O/c23-18-7-16(31-20(33)8-15-2-1-3-19(30-15)22(24,25)26)6-13(9-27)21(18)14-10-29-32(12-14)17-4-5-28-11-17/h1-3,6-7,10,12,17,28H,4-5,8,11H2,(H,31,33). The molecule has 0 aliphatic carbocycles. The van der Waals surface area contributed by atoms with Gasteiger partial charge in [-0.3, -0.25) is 9.48 Å². The third kappa shape index (κ3) is 5.01. The number of benzene rings is 1. The zero-order valence-corrected chi connectivity index (χ0v) is 17.2. The largest absolute Gasteiger partial charge is 0.433 e. The van der Waals surface area contributed by atoms with Gasteiger partial charge < -0.3 is 10.6 Å². The first-order chi connectivity index (χ1) is 15.7. The Morgan fingerprint density at radius 1 is 1.33 bits per heavy atom. The monoisotopic (exact) mass is 458 g/mol. The second-order valence-corrected chi connectivity index (χ2v) is 7.58. The lowest BCUT2D eigenvalue weighted by atomic mass is 10.0. The number of hydrogen-bond donors (Lipinski definition) is 2. The molecule has 3 heterocycles. The molecule has 11 heteroatoms. The maximum Gasteiger partial charge on any atom is 0.433 e. The van der Waals surface area contributed by atoms with E-state index in [9.17, 15) is 27.6 Å². The van der Waals surface area contributed by atoms with Crippen LogP contribution in [0.5, 0.6) is 0 Å². The summed E-state index contributed by atoms with van der Waals surface area (Å²) in [4.78, 5) is 15.7. The van der Waals surface area contributed by atoms with Crippen molar-refractivity contribution in [1.82, 2.24) is 20.1 Å². The van der Waals surface area contributed by atoms with Crippen LogP contribution in [-0.2, 0) is 17.4 Å². The molecule has 1 atom stereocenters. The number of pyridine rings is 1. The van der Waals surface area contributed by atoms with E-state index >= 15 is 0 Å². The van der Waals surface area contributed by atoms with Crippen LogP contribution in [0, 0.1) is 17.1 Å². The normalized spacial score (nSPS) is 15.9. The van der Waals surface area contributed by atoms with E-state index in [0.717, 1.165) is 37.7 Å². The average molecular weight is 458 g/mol. The molecule has 1 aliphatic heterocycles. The van der Waals surface area contributed by atoms with Crippen LogP contribution in [0.3, 0.4) is 0 Å². The number of amides is 1.